The van der Waals surface area contributed by atoms with Gasteiger partial charge >= 0.3 is 0 Å². The summed E-state index contributed by atoms with van der Waals surface area (Å²) in [4.78, 5) is 11.7. The molecule has 0 amide bonds. The van der Waals surface area contributed by atoms with Crippen molar-refractivity contribution in [1.82, 2.24) is 15.0 Å². The number of anilines is 2. The minimum absolute atomic E-state index is 0.00802. The summed E-state index contributed by atoms with van der Waals surface area (Å²) >= 11 is 0. The number of nitriles is 1. The number of pyridine rings is 1. The van der Waals surface area contributed by atoms with Crippen LogP contribution in [0.4, 0.5) is 16.2 Å². The number of nitrogen functional groups attached to an aromatic ring is 2. The zero-order chi connectivity index (χ0) is 15.0. The lowest BCUT2D eigenvalue weighted by atomic mass is 10.0. The molecule has 0 unspecified atom stereocenters. The normalized spacial score (nSPS) is 10.5. The smallest absolute Gasteiger partial charge is 0.222 e. The zero-order valence-corrected chi connectivity index (χ0v) is 10.7. The zero-order valence-electron chi connectivity index (χ0n) is 10.7. The average Bonchev–Trinajstić information content (AvgIpc) is 2.45. The fraction of sp³-hybridized carbons (Fsp3) is 0. The van der Waals surface area contributed by atoms with Crippen molar-refractivity contribution < 1.29 is 4.39 Å². The number of hydrogen-bond donors (Lipinski definition) is 2. The highest BCUT2D eigenvalue weighted by Crippen LogP contribution is 2.30. The Labute approximate surface area is 118 Å². The second-order valence-corrected chi connectivity index (χ2v) is 4.33. The Morgan fingerprint density at radius 1 is 1.19 bits per heavy atom. The SMILES string of the molecule is N#Cc1c(N)nc(N)nc1-c1cc2cccnc2cc1F. The summed E-state index contributed by atoms with van der Waals surface area (Å²) in [6.07, 6.45) is 1.57. The largest absolute Gasteiger partial charge is 0.382 e. The Morgan fingerprint density at radius 3 is 2.76 bits per heavy atom. The van der Waals surface area contributed by atoms with Gasteiger partial charge in [-0.3, -0.25) is 4.98 Å². The van der Waals surface area contributed by atoms with E-state index in [9.17, 15) is 9.65 Å². The maximum atomic E-state index is 14.3. The number of nitrogens with zero attached hydrogens (tertiary/aromatic N) is 4. The van der Waals surface area contributed by atoms with Gasteiger partial charge in [0, 0.05) is 23.2 Å². The lowest BCUT2D eigenvalue weighted by molar-refractivity contribution is 0.632. The van der Waals surface area contributed by atoms with Crippen LogP contribution in [-0.2, 0) is 0 Å². The standard InChI is InChI=1S/C14H9FN6/c15-10-5-11-7(2-1-3-19-11)4-8(10)12-9(6-16)13(17)21-14(18)20-12/h1-5H,(H4,17,18,20,21). The van der Waals surface area contributed by atoms with Gasteiger partial charge in [-0.1, -0.05) is 6.07 Å². The number of hydrogen-bond acceptors (Lipinski definition) is 6. The van der Waals surface area contributed by atoms with E-state index in [2.05, 4.69) is 15.0 Å². The Morgan fingerprint density at radius 2 is 2.00 bits per heavy atom. The summed E-state index contributed by atoms with van der Waals surface area (Å²) in [7, 11) is 0. The second-order valence-electron chi connectivity index (χ2n) is 4.33. The summed E-state index contributed by atoms with van der Waals surface area (Å²) in [6, 6.07) is 8.23. The highest BCUT2D eigenvalue weighted by atomic mass is 19.1. The van der Waals surface area contributed by atoms with E-state index in [1.54, 1.807) is 24.4 Å². The van der Waals surface area contributed by atoms with Gasteiger partial charge in [-0.2, -0.15) is 10.2 Å². The first kappa shape index (κ1) is 12.7. The first-order valence-electron chi connectivity index (χ1n) is 5.98. The molecule has 0 aliphatic carbocycles. The van der Waals surface area contributed by atoms with Crippen molar-refractivity contribution >= 4 is 22.7 Å². The molecule has 7 heteroatoms. The van der Waals surface area contributed by atoms with E-state index in [0.29, 0.717) is 10.9 Å². The van der Waals surface area contributed by atoms with Crippen molar-refractivity contribution in [3.8, 4) is 17.3 Å². The molecule has 2 heterocycles. The van der Waals surface area contributed by atoms with E-state index in [0.717, 1.165) is 0 Å². The third-order valence-electron chi connectivity index (χ3n) is 3.01. The highest BCUT2D eigenvalue weighted by Gasteiger charge is 2.17. The molecule has 3 rings (SSSR count). The van der Waals surface area contributed by atoms with Crippen LogP contribution in [0.3, 0.4) is 0 Å². The van der Waals surface area contributed by atoms with Crippen LogP contribution < -0.4 is 11.5 Å². The van der Waals surface area contributed by atoms with Crippen LogP contribution in [0.1, 0.15) is 5.56 Å². The number of halogens is 1. The molecule has 0 saturated heterocycles. The average molecular weight is 280 g/mol. The van der Waals surface area contributed by atoms with Gasteiger partial charge in [0.15, 0.2) is 0 Å². The Bertz CT molecular complexity index is 900. The molecule has 3 aromatic rings. The van der Waals surface area contributed by atoms with Crippen molar-refractivity contribution in [3.63, 3.8) is 0 Å². The molecule has 21 heavy (non-hydrogen) atoms. The number of rotatable bonds is 1. The maximum Gasteiger partial charge on any atom is 0.222 e. The molecule has 0 radical (unpaired) electrons. The third kappa shape index (κ3) is 2.08. The molecule has 0 saturated carbocycles. The van der Waals surface area contributed by atoms with Crippen LogP contribution >= 0.6 is 0 Å². The predicted molar refractivity (Wildman–Crippen MR) is 76.3 cm³/mol. The summed E-state index contributed by atoms with van der Waals surface area (Å²) < 4.78 is 14.3. The molecule has 0 fully saturated rings. The highest BCUT2D eigenvalue weighted by molar-refractivity contribution is 5.86. The molecular formula is C14H9FN6. The van der Waals surface area contributed by atoms with Crippen LogP contribution in [0.5, 0.6) is 0 Å². The topological polar surface area (TPSA) is 114 Å². The molecular weight excluding hydrogens is 271 g/mol. The molecule has 0 aliphatic heterocycles. The van der Waals surface area contributed by atoms with Gasteiger partial charge in [0.05, 0.1) is 11.2 Å². The van der Waals surface area contributed by atoms with Crippen LogP contribution in [0.25, 0.3) is 22.2 Å². The lowest BCUT2D eigenvalue weighted by Crippen LogP contribution is -2.05. The van der Waals surface area contributed by atoms with Crippen molar-refractivity contribution in [2.45, 2.75) is 0 Å². The maximum absolute atomic E-state index is 14.3. The van der Waals surface area contributed by atoms with Crippen LogP contribution in [-0.4, -0.2) is 15.0 Å². The van der Waals surface area contributed by atoms with Gasteiger partial charge in [0.2, 0.25) is 5.95 Å². The fourth-order valence-electron chi connectivity index (χ4n) is 2.08. The summed E-state index contributed by atoms with van der Waals surface area (Å²) in [5, 5.41) is 9.89. The third-order valence-corrected chi connectivity index (χ3v) is 3.01. The van der Waals surface area contributed by atoms with Gasteiger partial charge in [-0.15, -0.1) is 0 Å². The van der Waals surface area contributed by atoms with Gasteiger partial charge < -0.3 is 11.5 Å². The van der Waals surface area contributed by atoms with E-state index in [4.69, 9.17) is 11.5 Å². The van der Waals surface area contributed by atoms with E-state index in [1.807, 2.05) is 6.07 Å². The molecule has 102 valence electrons. The Kier molecular flexibility index (Phi) is 2.84. The first-order chi connectivity index (χ1) is 10.1. The van der Waals surface area contributed by atoms with Crippen molar-refractivity contribution in [3.05, 3.63) is 41.8 Å². The monoisotopic (exact) mass is 280 g/mol. The van der Waals surface area contributed by atoms with Crippen LogP contribution in [0, 0.1) is 17.1 Å². The molecule has 1 aromatic carbocycles. The van der Waals surface area contributed by atoms with E-state index in [1.165, 1.54) is 6.07 Å². The molecule has 4 N–H and O–H groups in total. The van der Waals surface area contributed by atoms with Gasteiger partial charge in [0.1, 0.15) is 23.3 Å². The molecule has 0 aliphatic rings. The summed E-state index contributed by atoms with van der Waals surface area (Å²) in [6.45, 7) is 0. The number of fused-ring (bicyclic) bond motifs is 1. The minimum Gasteiger partial charge on any atom is -0.382 e. The van der Waals surface area contributed by atoms with Crippen LogP contribution in [0.2, 0.25) is 0 Å². The second kappa shape index (κ2) is 4.68. The Hall–Kier alpha value is -3.27. The molecule has 6 nitrogen and oxygen atoms in total. The van der Waals surface area contributed by atoms with E-state index >= 15 is 0 Å². The quantitative estimate of drug-likeness (QED) is 0.703. The van der Waals surface area contributed by atoms with E-state index < -0.39 is 5.82 Å². The molecule has 2 aromatic heterocycles. The lowest BCUT2D eigenvalue weighted by Gasteiger charge is -2.08. The first-order valence-corrected chi connectivity index (χ1v) is 5.98. The fourth-order valence-corrected chi connectivity index (χ4v) is 2.08. The number of nitrogens with two attached hydrogens (primary N) is 2. The van der Waals surface area contributed by atoms with Crippen molar-refractivity contribution in [1.29, 1.82) is 5.26 Å². The summed E-state index contributed by atoms with van der Waals surface area (Å²) in [5.74, 6) is -0.756. The number of aromatic nitrogens is 3. The van der Waals surface area contributed by atoms with Crippen molar-refractivity contribution in [2.75, 3.05) is 11.5 Å². The van der Waals surface area contributed by atoms with Gasteiger partial charge in [-0.05, 0) is 12.1 Å². The van der Waals surface area contributed by atoms with Crippen molar-refractivity contribution in [2.24, 2.45) is 0 Å². The molecule has 0 spiro atoms. The molecule has 0 bridgehead atoms. The minimum atomic E-state index is -0.560. The van der Waals surface area contributed by atoms with E-state index in [-0.39, 0.29) is 28.6 Å². The molecule has 0 atom stereocenters. The summed E-state index contributed by atoms with van der Waals surface area (Å²) in [5.41, 5.74) is 11.9. The predicted octanol–water partition coefficient (Wildman–Crippen LogP) is 1.87. The van der Waals surface area contributed by atoms with Gasteiger partial charge in [0.25, 0.3) is 0 Å². The van der Waals surface area contributed by atoms with Gasteiger partial charge in [-0.25, -0.2) is 9.37 Å². The van der Waals surface area contributed by atoms with Crippen LogP contribution in [0.15, 0.2) is 30.5 Å². The number of benzene rings is 1. The Balaban J connectivity index is 2.35.